The summed E-state index contributed by atoms with van der Waals surface area (Å²) in [4.78, 5) is 34.5. The van der Waals surface area contributed by atoms with Gasteiger partial charge in [0.15, 0.2) is 6.61 Å². The number of methoxy groups -OCH3 is 1. The molecule has 2 amide bonds. The van der Waals surface area contributed by atoms with E-state index in [9.17, 15) is 9.59 Å². The lowest BCUT2D eigenvalue weighted by Gasteiger charge is -2.28. The number of benzene rings is 2. The summed E-state index contributed by atoms with van der Waals surface area (Å²) in [5.74, 6) is 0.864. The highest BCUT2D eigenvalue weighted by Crippen LogP contribution is 2.22. The predicted octanol–water partition coefficient (Wildman–Crippen LogP) is 3.73. The van der Waals surface area contributed by atoms with Crippen molar-refractivity contribution >= 4 is 22.7 Å². The third-order valence-electron chi connectivity index (χ3n) is 5.95. The molecule has 2 N–H and O–H groups in total. The highest BCUT2D eigenvalue weighted by atomic mass is 16.5. The van der Waals surface area contributed by atoms with E-state index in [4.69, 9.17) is 9.47 Å². The van der Waals surface area contributed by atoms with E-state index >= 15 is 0 Å². The van der Waals surface area contributed by atoms with Crippen molar-refractivity contribution in [2.24, 2.45) is 0 Å². The third-order valence-corrected chi connectivity index (χ3v) is 5.95. The third kappa shape index (κ3) is 6.41. The maximum Gasteiger partial charge on any atom is 0.258 e. The Morgan fingerprint density at radius 2 is 1.86 bits per heavy atom. The molecular weight excluding hydrogens is 456 g/mol. The Morgan fingerprint density at radius 1 is 1.06 bits per heavy atom. The number of hydrogen-bond donors (Lipinski definition) is 2. The molecule has 0 aliphatic heterocycles. The van der Waals surface area contributed by atoms with Crippen LogP contribution in [0, 0.1) is 0 Å². The van der Waals surface area contributed by atoms with E-state index in [1.807, 2.05) is 54.7 Å². The maximum atomic E-state index is 12.8. The van der Waals surface area contributed by atoms with E-state index in [1.165, 1.54) is 6.92 Å². The lowest BCUT2D eigenvalue weighted by molar-refractivity contribution is -0.131. The number of fused-ring (bicyclic) bond motifs is 1. The highest BCUT2D eigenvalue weighted by molar-refractivity contribution is 5.83. The molecule has 1 atom stereocenters. The van der Waals surface area contributed by atoms with E-state index in [1.54, 1.807) is 36.5 Å². The standard InChI is InChI=1S/C28H30N4O4/c1-20(33)32(17-21-8-3-6-12-27(21)35-2)18-23(14-22-15-30-26-11-5-4-10-25(22)26)31-28(34)19-36-24-9-7-13-29-16-24/h3-13,15-16,23,30H,14,17-19H2,1-2H3,(H,31,34). The Kier molecular flexibility index (Phi) is 8.18. The first-order valence-corrected chi connectivity index (χ1v) is 11.8. The van der Waals surface area contributed by atoms with Crippen LogP contribution in [-0.4, -0.2) is 53.0 Å². The largest absolute Gasteiger partial charge is 0.496 e. The average molecular weight is 487 g/mol. The number of para-hydroxylation sites is 2. The second-order valence-corrected chi connectivity index (χ2v) is 8.52. The number of carbonyl (C=O) groups excluding carboxylic acids is 2. The number of nitrogens with zero attached hydrogens (tertiary/aromatic N) is 2. The second-order valence-electron chi connectivity index (χ2n) is 8.52. The van der Waals surface area contributed by atoms with Crippen molar-refractivity contribution in [1.82, 2.24) is 20.2 Å². The van der Waals surface area contributed by atoms with E-state index in [2.05, 4.69) is 15.3 Å². The fraction of sp³-hybridized carbons (Fsp3) is 0.250. The molecule has 0 radical (unpaired) electrons. The zero-order valence-electron chi connectivity index (χ0n) is 20.4. The van der Waals surface area contributed by atoms with Crippen LogP contribution in [0.1, 0.15) is 18.1 Å². The molecule has 8 nitrogen and oxygen atoms in total. The molecule has 2 aromatic heterocycles. The Bertz CT molecular complexity index is 1310. The lowest BCUT2D eigenvalue weighted by atomic mass is 10.0. The van der Waals surface area contributed by atoms with Gasteiger partial charge in [0.1, 0.15) is 11.5 Å². The topological polar surface area (TPSA) is 96.6 Å². The number of hydrogen-bond acceptors (Lipinski definition) is 5. The summed E-state index contributed by atoms with van der Waals surface area (Å²) in [7, 11) is 1.61. The summed E-state index contributed by atoms with van der Waals surface area (Å²) in [6, 6.07) is 18.8. The zero-order chi connectivity index (χ0) is 25.3. The van der Waals surface area contributed by atoms with Crippen molar-refractivity contribution < 1.29 is 19.1 Å². The molecule has 0 saturated carbocycles. The van der Waals surface area contributed by atoms with Crippen LogP contribution in [0.15, 0.2) is 79.3 Å². The molecule has 186 valence electrons. The second kappa shape index (κ2) is 11.9. The molecule has 4 rings (SSSR count). The molecule has 0 saturated heterocycles. The SMILES string of the molecule is COc1ccccc1CN(CC(Cc1c[nH]c2ccccc12)NC(=O)COc1cccnc1)C(C)=O. The van der Waals surface area contributed by atoms with Crippen LogP contribution >= 0.6 is 0 Å². The molecule has 0 aliphatic rings. The van der Waals surface area contributed by atoms with E-state index < -0.39 is 0 Å². The number of amides is 2. The fourth-order valence-corrected chi connectivity index (χ4v) is 4.19. The summed E-state index contributed by atoms with van der Waals surface area (Å²) in [6.45, 7) is 2.07. The summed E-state index contributed by atoms with van der Waals surface area (Å²) in [5.41, 5.74) is 2.98. The van der Waals surface area contributed by atoms with Crippen LogP contribution < -0.4 is 14.8 Å². The molecule has 0 aliphatic carbocycles. The minimum atomic E-state index is -0.340. The minimum absolute atomic E-state index is 0.0920. The van der Waals surface area contributed by atoms with Gasteiger partial charge in [0, 0.05) is 48.9 Å². The molecule has 4 aromatic rings. The molecule has 0 fully saturated rings. The van der Waals surface area contributed by atoms with Crippen molar-refractivity contribution in [1.29, 1.82) is 0 Å². The molecule has 1 unspecified atom stereocenters. The first-order chi connectivity index (χ1) is 17.5. The van der Waals surface area contributed by atoms with Gasteiger partial charge in [-0.3, -0.25) is 14.6 Å². The van der Waals surface area contributed by atoms with Crippen LogP contribution in [0.4, 0.5) is 0 Å². The van der Waals surface area contributed by atoms with Crippen molar-refractivity contribution in [2.75, 3.05) is 20.3 Å². The Morgan fingerprint density at radius 3 is 2.64 bits per heavy atom. The first-order valence-electron chi connectivity index (χ1n) is 11.8. The molecule has 0 bridgehead atoms. The van der Waals surface area contributed by atoms with Crippen LogP contribution in [0.2, 0.25) is 0 Å². The van der Waals surface area contributed by atoms with Gasteiger partial charge in [-0.15, -0.1) is 0 Å². The maximum absolute atomic E-state index is 12.8. The first kappa shape index (κ1) is 24.8. The summed E-state index contributed by atoms with van der Waals surface area (Å²) >= 11 is 0. The summed E-state index contributed by atoms with van der Waals surface area (Å²) < 4.78 is 11.0. The summed E-state index contributed by atoms with van der Waals surface area (Å²) in [6.07, 6.45) is 5.69. The quantitative estimate of drug-likeness (QED) is 0.337. The van der Waals surface area contributed by atoms with Crippen LogP contribution in [0.3, 0.4) is 0 Å². The van der Waals surface area contributed by atoms with Crippen LogP contribution in [0.5, 0.6) is 11.5 Å². The normalized spacial score (nSPS) is 11.6. The van der Waals surface area contributed by atoms with Crippen molar-refractivity contribution in [3.8, 4) is 11.5 Å². The van der Waals surface area contributed by atoms with E-state index in [-0.39, 0.29) is 24.5 Å². The van der Waals surface area contributed by atoms with Crippen LogP contribution in [0.25, 0.3) is 10.9 Å². The van der Waals surface area contributed by atoms with Gasteiger partial charge < -0.3 is 24.7 Å². The number of aromatic amines is 1. The molecule has 2 heterocycles. The number of carbonyl (C=O) groups is 2. The molecule has 0 spiro atoms. The Hall–Kier alpha value is -4.33. The molecule has 36 heavy (non-hydrogen) atoms. The molecule has 8 heteroatoms. The van der Waals surface area contributed by atoms with Gasteiger partial charge in [-0.25, -0.2) is 0 Å². The number of nitrogens with one attached hydrogen (secondary N) is 2. The van der Waals surface area contributed by atoms with Crippen molar-refractivity contribution in [2.45, 2.75) is 25.9 Å². The van der Waals surface area contributed by atoms with E-state index in [0.717, 1.165) is 22.0 Å². The van der Waals surface area contributed by atoms with Gasteiger partial charge in [-0.05, 0) is 36.2 Å². The fourth-order valence-electron chi connectivity index (χ4n) is 4.19. The van der Waals surface area contributed by atoms with Gasteiger partial charge in [-0.2, -0.15) is 0 Å². The van der Waals surface area contributed by atoms with Crippen molar-refractivity contribution in [3.05, 3.63) is 90.4 Å². The smallest absolute Gasteiger partial charge is 0.258 e. The van der Waals surface area contributed by atoms with E-state index in [0.29, 0.717) is 31.0 Å². The number of aromatic nitrogens is 2. The van der Waals surface area contributed by atoms with Gasteiger partial charge in [0.05, 0.1) is 19.3 Å². The number of rotatable bonds is 11. The van der Waals surface area contributed by atoms with Crippen molar-refractivity contribution in [3.63, 3.8) is 0 Å². The summed E-state index contributed by atoms with van der Waals surface area (Å²) in [5, 5.41) is 4.15. The average Bonchev–Trinajstić information content (AvgIpc) is 3.30. The van der Waals surface area contributed by atoms with Gasteiger partial charge >= 0.3 is 0 Å². The lowest BCUT2D eigenvalue weighted by Crippen LogP contribution is -2.47. The molecular formula is C28H30N4O4. The molecule has 2 aromatic carbocycles. The monoisotopic (exact) mass is 486 g/mol. The van der Waals surface area contributed by atoms with Gasteiger partial charge in [0.2, 0.25) is 5.91 Å². The number of ether oxygens (including phenoxy) is 2. The predicted molar refractivity (Wildman–Crippen MR) is 138 cm³/mol. The van der Waals surface area contributed by atoms with Crippen LogP contribution in [-0.2, 0) is 22.6 Å². The number of H-pyrrole nitrogens is 1. The Labute approximate surface area is 210 Å². The van der Waals surface area contributed by atoms with Gasteiger partial charge in [0.25, 0.3) is 5.91 Å². The highest BCUT2D eigenvalue weighted by Gasteiger charge is 2.22. The minimum Gasteiger partial charge on any atom is -0.496 e. The van der Waals surface area contributed by atoms with Gasteiger partial charge in [-0.1, -0.05) is 36.4 Å². The zero-order valence-corrected chi connectivity index (χ0v) is 20.4. The Balaban J connectivity index is 1.52. The number of pyridine rings is 1.